The number of aliphatic hydroxyl groups is 2. The predicted molar refractivity (Wildman–Crippen MR) is 203 cm³/mol. The van der Waals surface area contributed by atoms with Crippen molar-refractivity contribution in [2.45, 2.75) is 244 Å². The first-order valence-corrected chi connectivity index (χ1v) is 21.5. The first-order valence-electron chi connectivity index (χ1n) is 21.5. The minimum atomic E-state index is -1.05. The molecule has 0 aromatic heterocycles. The van der Waals surface area contributed by atoms with Crippen molar-refractivity contribution in [3.05, 3.63) is 0 Å². The van der Waals surface area contributed by atoms with Crippen molar-refractivity contribution in [3.8, 4) is 0 Å². The van der Waals surface area contributed by atoms with Gasteiger partial charge in [-0.3, -0.25) is 0 Å². The lowest BCUT2D eigenvalue weighted by Gasteiger charge is -2.42. The zero-order chi connectivity index (χ0) is 34.8. The molecule has 48 heavy (non-hydrogen) atoms. The molecule has 0 amide bonds. The van der Waals surface area contributed by atoms with E-state index in [9.17, 15) is 10.2 Å². The van der Waals surface area contributed by atoms with Crippen LogP contribution in [-0.2, 0) is 18.9 Å². The molecule has 0 saturated carbocycles. The summed E-state index contributed by atoms with van der Waals surface area (Å²) >= 11 is 0. The number of aliphatic hydroxyl groups excluding tert-OH is 2. The van der Waals surface area contributed by atoms with Crippen LogP contribution in [0.4, 0.5) is 0 Å². The summed E-state index contributed by atoms with van der Waals surface area (Å²) in [5.74, 6) is 0. The van der Waals surface area contributed by atoms with Crippen LogP contribution in [-0.4, -0.2) is 67.3 Å². The number of unbranched alkanes of at least 4 members (excludes halogenated alkanes) is 27. The number of ether oxygens (including phenoxy) is 4. The summed E-state index contributed by atoms with van der Waals surface area (Å²) < 4.78 is 24.2. The first-order chi connectivity index (χ1) is 23.7. The molecule has 0 bridgehead atoms. The lowest BCUT2D eigenvalue weighted by atomic mass is 9.99. The van der Waals surface area contributed by atoms with Gasteiger partial charge in [0.05, 0.1) is 6.61 Å². The molecule has 1 saturated heterocycles. The summed E-state index contributed by atoms with van der Waals surface area (Å²) in [4.78, 5) is 0. The highest BCUT2D eigenvalue weighted by Crippen LogP contribution is 2.26. The fourth-order valence-corrected chi connectivity index (χ4v) is 6.81. The molecule has 5 atom stereocenters. The molecule has 288 valence electrons. The van der Waals surface area contributed by atoms with Gasteiger partial charge in [-0.2, -0.15) is 0 Å². The fourth-order valence-electron chi connectivity index (χ4n) is 6.81. The van der Waals surface area contributed by atoms with Crippen molar-refractivity contribution in [2.24, 2.45) is 0 Å². The zero-order valence-electron chi connectivity index (χ0n) is 32.5. The van der Waals surface area contributed by atoms with Gasteiger partial charge >= 0.3 is 0 Å². The van der Waals surface area contributed by atoms with E-state index in [0.717, 1.165) is 32.1 Å². The van der Waals surface area contributed by atoms with E-state index < -0.39 is 30.7 Å². The molecule has 0 unspecified atom stereocenters. The lowest BCUT2D eigenvalue weighted by molar-refractivity contribution is -0.311. The van der Waals surface area contributed by atoms with Crippen molar-refractivity contribution in [1.29, 1.82) is 0 Å². The molecule has 0 spiro atoms. The van der Waals surface area contributed by atoms with Gasteiger partial charge in [-0.25, -0.2) is 0 Å². The Kier molecular flexibility index (Phi) is 33.5. The Bertz CT molecular complexity index is 631. The summed E-state index contributed by atoms with van der Waals surface area (Å²) in [7, 11) is 0. The highest BCUT2D eigenvalue weighted by Gasteiger charge is 2.45. The van der Waals surface area contributed by atoms with E-state index in [4.69, 9.17) is 18.9 Å². The molecule has 0 aromatic rings. The summed E-state index contributed by atoms with van der Waals surface area (Å²) in [6.45, 7) is 8.70. The third kappa shape index (κ3) is 25.7. The Morgan fingerprint density at radius 3 is 1.17 bits per heavy atom. The second kappa shape index (κ2) is 35.2. The Morgan fingerprint density at radius 1 is 0.396 bits per heavy atom. The molecule has 0 aromatic carbocycles. The van der Waals surface area contributed by atoms with E-state index in [2.05, 4.69) is 20.8 Å². The standard InChI is InChI=1S/C42H84O6/c1-4-7-10-12-14-16-18-20-22-24-26-28-30-32-34-45-37-38-39(43)40(44)41(42(48-38)47-35-9-6-3)46-36-33-31-29-27-25-23-21-19-17-15-13-11-8-5-2/h38-44H,4-37H2,1-3H3/t38-,39-,40+,41-,42+/m1/s1. The summed E-state index contributed by atoms with van der Waals surface area (Å²) in [6.07, 6.45) is 35.0. The molecule has 1 aliphatic rings. The maximum absolute atomic E-state index is 11.0. The normalized spacial score (nSPS) is 21.3. The van der Waals surface area contributed by atoms with Crippen LogP contribution < -0.4 is 0 Å². The van der Waals surface area contributed by atoms with Gasteiger partial charge in [0.25, 0.3) is 0 Å². The number of rotatable bonds is 37. The van der Waals surface area contributed by atoms with Gasteiger partial charge in [0, 0.05) is 19.8 Å². The summed E-state index contributed by atoms with van der Waals surface area (Å²) in [5.41, 5.74) is 0. The van der Waals surface area contributed by atoms with Crippen LogP contribution in [0.1, 0.15) is 213 Å². The third-order valence-corrected chi connectivity index (χ3v) is 10.2. The highest BCUT2D eigenvalue weighted by molar-refractivity contribution is 4.90. The maximum atomic E-state index is 11.0. The SMILES string of the molecule is CCCCCCCCCCCCCCCCOC[C@H]1O[C@H](OCCCC)[C@H](OCCCCCCCCCCCCCCCC)[C@@H](O)[C@@H]1O. The molecule has 1 rings (SSSR count). The van der Waals surface area contributed by atoms with Crippen LogP contribution in [0.2, 0.25) is 0 Å². The smallest absolute Gasteiger partial charge is 0.186 e. The Morgan fingerprint density at radius 2 is 0.750 bits per heavy atom. The van der Waals surface area contributed by atoms with Gasteiger partial charge < -0.3 is 29.2 Å². The largest absolute Gasteiger partial charge is 0.387 e. The minimum Gasteiger partial charge on any atom is -0.387 e. The van der Waals surface area contributed by atoms with E-state index in [1.165, 1.54) is 161 Å². The van der Waals surface area contributed by atoms with Crippen LogP contribution in [0, 0.1) is 0 Å². The predicted octanol–water partition coefficient (Wildman–Crippen LogP) is 11.6. The van der Waals surface area contributed by atoms with Crippen LogP contribution in [0.5, 0.6) is 0 Å². The molecule has 2 N–H and O–H groups in total. The topological polar surface area (TPSA) is 77.4 Å². The number of hydrogen-bond donors (Lipinski definition) is 2. The second-order valence-corrected chi connectivity index (χ2v) is 14.9. The van der Waals surface area contributed by atoms with Crippen molar-refractivity contribution in [2.75, 3.05) is 26.4 Å². The van der Waals surface area contributed by atoms with E-state index in [1.54, 1.807) is 0 Å². The molecule has 1 heterocycles. The summed E-state index contributed by atoms with van der Waals surface area (Å²) in [6, 6.07) is 0. The Balaban J connectivity index is 2.13. The summed E-state index contributed by atoms with van der Waals surface area (Å²) in [5, 5.41) is 21.9. The molecule has 0 aliphatic carbocycles. The average Bonchev–Trinajstić information content (AvgIpc) is 3.09. The monoisotopic (exact) mass is 685 g/mol. The average molecular weight is 685 g/mol. The van der Waals surface area contributed by atoms with Gasteiger partial charge in [0.15, 0.2) is 6.29 Å². The lowest BCUT2D eigenvalue weighted by Crippen LogP contribution is -2.60. The van der Waals surface area contributed by atoms with Gasteiger partial charge in [-0.05, 0) is 19.3 Å². The van der Waals surface area contributed by atoms with Crippen molar-refractivity contribution in [3.63, 3.8) is 0 Å². The van der Waals surface area contributed by atoms with Crippen molar-refractivity contribution >= 4 is 0 Å². The molecule has 0 radical (unpaired) electrons. The Labute approximate surface area is 299 Å². The van der Waals surface area contributed by atoms with E-state index in [1.807, 2.05) is 0 Å². The molecular formula is C42H84O6. The van der Waals surface area contributed by atoms with Crippen molar-refractivity contribution in [1.82, 2.24) is 0 Å². The van der Waals surface area contributed by atoms with E-state index in [-0.39, 0.29) is 6.61 Å². The second-order valence-electron chi connectivity index (χ2n) is 14.9. The van der Waals surface area contributed by atoms with Crippen LogP contribution in [0.25, 0.3) is 0 Å². The van der Waals surface area contributed by atoms with Crippen molar-refractivity contribution < 1.29 is 29.2 Å². The van der Waals surface area contributed by atoms with Gasteiger partial charge in [-0.1, -0.05) is 194 Å². The maximum Gasteiger partial charge on any atom is 0.186 e. The molecular weight excluding hydrogens is 600 g/mol. The zero-order valence-corrected chi connectivity index (χ0v) is 32.5. The van der Waals surface area contributed by atoms with Gasteiger partial charge in [-0.15, -0.1) is 0 Å². The number of hydrogen-bond acceptors (Lipinski definition) is 6. The van der Waals surface area contributed by atoms with Crippen LogP contribution >= 0.6 is 0 Å². The molecule has 1 fully saturated rings. The fraction of sp³-hybridized carbons (Fsp3) is 1.00. The molecule has 6 heteroatoms. The van der Waals surface area contributed by atoms with Crippen LogP contribution in [0.3, 0.4) is 0 Å². The highest BCUT2D eigenvalue weighted by atomic mass is 16.7. The molecule has 1 aliphatic heterocycles. The Hall–Kier alpha value is -0.240. The first kappa shape index (κ1) is 45.8. The third-order valence-electron chi connectivity index (χ3n) is 10.2. The van der Waals surface area contributed by atoms with Crippen LogP contribution in [0.15, 0.2) is 0 Å². The van der Waals surface area contributed by atoms with E-state index >= 15 is 0 Å². The van der Waals surface area contributed by atoms with Gasteiger partial charge in [0.2, 0.25) is 0 Å². The minimum absolute atomic E-state index is 0.260. The molecule has 6 nitrogen and oxygen atoms in total. The quantitative estimate of drug-likeness (QED) is 0.0634. The van der Waals surface area contributed by atoms with E-state index in [0.29, 0.717) is 19.8 Å². The van der Waals surface area contributed by atoms with Gasteiger partial charge in [0.1, 0.15) is 24.4 Å².